The summed E-state index contributed by atoms with van der Waals surface area (Å²) in [6.45, 7) is 3.12. The first-order valence-corrected chi connectivity index (χ1v) is 9.65. The molecule has 0 bridgehead atoms. The van der Waals surface area contributed by atoms with E-state index in [-0.39, 0.29) is 11.8 Å². The van der Waals surface area contributed by atoms with Gasteiger partial charge in [0.2, 0.25) is 0 Å². The molecule has 158 valence electrons. The number of aromatic nitrogens is 1. The summed E-state index contributed by atoms with van der Waals surface area (Å²) >= 11 is 0. The van der Waals surface area contributed by atoms with Gasteiger partial charge in [0.05, 0.1) is 11.4 Å². The molecule has 1 atom stereocenters. The van der Waals surface area contributed by atoms with E-state index in [0.29, 0.717) is 24.7 Å². The fourth-order valence-electron chi connectivity index (χ4n) is 3.56. The fourth-order valence-corrected chi connectivity index (χ4v) is 3.56. The number of benzene rings is 1. The maximum atomic E-state index is 12.7. The van der Waals surface area contributed by atoms with Crippen molar-refractivity contribution in [3.05, 3.63) is 41.3 Å². The van der Waals surface area contributed by atoms with Crippen LogP contribution in [0.1, 0.15) is 23.4 Å². The van der Waals surface area contributed by atoms with Crippen molar-refractivity contribution < 1.29 is 18.0 Å². The van der Waals surface area contributed by atoms with Gasteiger partial charge in [0.15, 0.2) is 5.96 Å². The van der Waals surface area contributed by atoms with E-state index in [4.69, 9.17) is 4.52 Å². The third-order valence-electron chi connectivity index (χ3n) is 5.02. The molecule has 1 aliphatic rings. The number of halogens is 2. The number of rotatable bonds is 7. The lowest BCUT2D eigenvalue weighted by Crippen LogP contribution is -2.45. The molecule has 1 aromatic carbocycles. The molecule has 3 rings (SSSR count). The number of hydrogen-bond acceptors (Lipinski definition) is 5. The zero-order chi connectivity index (χ0) is 20.8. The van der Waals surface area contributed by atoms with E-state index in [0.717, 1.165) is 36.4 Å². The number of nitrogens with zero attached hydrogens (tertiary/aromatic N) is 3. The van der Waals surface area contributed by atoms with Gasteiger partial charge in [-0.25, -0.2) is 0 Å². The Hall–Kier alpha value is -2.84. The van der Waals surface area contributed by atoms with Crippen molar-refractivity contribution in [3.8, 4) is 5.75 Å². The van der Waals surface area contributed by atoms with Crippen LogP contribution in [0.5, 0.6) is 5.75 Å². The van der Waals surface area contributed by atoms with Crippen LogP contribution in [0.4, 0.5) is 14.5 Å². The van der Waals surface area contributed by atoms with E-state index in [2.05, 4.69) is 25.5 Å². The van der Waals surface area contributed by atoms with E-state index in [9.17, 15) is 8.78 Å². The highest BCUT2D eigenvalue weighted by atomic mass is 19.3. The Bertz CT molecular complexity index is 821. The van der Waals surface area contributed by atoms with Crippen LogP contribution in [-0.4, -0.2) is 50.5 Å². The monoisotopic (exact) mass is 407 g/mol. The first-order chi connectivity index (χ1) is 14.0. The van der Waals surface area contributed by atoms with Gasteiger partial charge >= 0.3 is 6.61 Å². The quantitative estimate of drug-likeness (QED) is 0.543. The Balaban J connectivity index is 1.52. The average Bonchev–Trinajstić information content (AvgIpc) is 3.28. The molecule has 1 aliphatic heterocycles. The van der Waals surface area contributed by atoms with Gasteiger partial charge in [-0.2, -0.15) is 8.78 Å². The van der Waals surface area contributed by atoms with Gasteiger partial charge in [-0.15, -0.1) is 0 Å². The van der Waals surface area contributed by atoms with Crippen LogP contribution in [0.3, 0.4) is 0 Å². The molecule has 0 radical (unpaired) electrons. The summed E-state index contributed by atoms with van der Waals surface area (Å²) in [6, 6.07) is 7.04. The Morgan fingerprint density at radius 2 is 2.17 bits per heavy atom. The van der Waals surface area contributed by atoms with Crippen LogP contribution >= 0.6 is 0 Å². The van der Waals surface area contributed by atoms with Gasteiger partial charge < -0.3 is 24.8 Å². The third-order valence-corrected chi connectivity index (χ3v) is 5.02. The maximum absolute atomic E-state index is 12.7. The standard InChI is InChI=1S/C20H27F2N5O2/c1-13-16(14(2)29-26-13)8-10-24-20(23-3)25-15-9-11-27(12-15)17-6-4-5-7-18(17)28-19(21)22/h4-7,15,19H,8-12H2,1-3H3,(H2,23,24,25). The second-order valence-electron chi connectivity index (χ2n) is 6.97. The lowest BCUT2D eigenvalue weighted by molar-refractivity contribution is -0.0495. The summed E-state index contributed by atoms with van der Waals surface area (Å²) in [5.41, 5.74) is 2.69. The minimum absolute atomic E-state index is 0.153. The Kier molecular flexibility index (Phi) is 6.90. The van der Waals surface area contributed by atoms with Gasteiger partial charge in [-0.1, -0.05) is 17.3 Å². The molecule has 0 spiro atoms. The van der Waals surface area contributed by atoms with Crippen LogP contribution in [0.25, 0.3) is 0 Å². The van der Waals surface area contributed by atoms with Crippen LogP contribution in [0.15, 0.2) is 33.8 Å². The number of hydrogen-bond donors (Lipinski definition) is 2. The number of anilines is 1. The second-order valence-corrected chi connectivity index (χ2v) is 6.97. The average molecular weight is 407 g/mol. The predicted octanol–water partition coefficient (Wildman–Crippen LogP) is 2.88. The summed E-state index contributed by atoms with van der Waals surface area (Å²) in [4.78, 5) is 6.33. The molecule has 2 heterocycles. The van der Waals surface area contributed by atoms with E-state index < -0.39 is 6.61 Å². The number of alkyl halides is 2. The molecule has 29 heavy (non-hydrogen) atoms. The predicted molar refractivity (Wildman–Crippen MR) is 108 cm³/mol. The van der Waals surface area contributed by atoms with Gasteiger partial charge in [-0.05, 0) is 38.8 Å². The molecular formula is C20H27F2N5O2. The van der Waals surface area contributed by atoms with Crippen LogP contribution < -0.4 is 20.3 Å². The van der Waals surface area contributed by atoms with Crippen molar-refractivity contribution in [2.45, 2.75) is 39.3 Å². The number of aliphatic imine (C=N–C) groups is 1. The van der Waals surface area contributed by atoms with Crippen molar-refractivity contribution in [1.82, 2.24) is 15.8 Å². The highest BCUT2D eigenvalue weighted by molar-refractivity contribution is 5.80. The molecule has 0 amide bonds. The van der Waals surface area contributed by atoms with Crippen molar-refractivity contribution >= 4 is 11.6 Å². The first kappa shape index (κ1) is 20.9. The molecule has 1 aromatic heterocycles. The van der Waals surface area contributed by atoms with E-state index in [1.165, 1.54) is 0 Å². The van der Waals surface area contributed by atoms with Gasteiger partial charge in [0, 0.05) is 38.3 Å². The zero-order valence-corrected chi connectivity index (χ0v) is 16.9. The molecule has 1 fully saturated rings. The molecule has 7 nitrogen and oxygen atoms in total. The van der Waals surface area contributed by atoms with Crippen molar-refractivity contribution in [1.29, 1.82) is 0 Å². The fraction of sp³-hybridized carbons (Fsp3) is 0.500. The summed E-state index contributed by atoms with van der Waals surface area (Å²) in [7, 11) is 1.73. The normalized spacial score (nSPS) is 17.1. The van der Waals surface area contributed by atoms with Gasteiger partial charge in [0.25, 0.3) is 0 Å². The Labute approximate surface area is 169 Å². The number of ether oxygens (including phenoxy) is 1. The van der Waals surface area contributed by atoms with Crippen LogP contribution in [-0.2, 0) is 6.42 Å². The number of para-hydroxylation sites is 2. The smallest absolute Gasteiger partial charge is 0.387 e. The maximum Gasteiger partial charge on any atom is 0.387 e. The molecule has 9 heteroatoms. The third kappa shape index (κ3) is 5.36. The molecule has 2 aromatic rings. The van der Waals surface area contributed by atoms with Crippen LogP contribution in [0.2, 0.25) is 0 Å². The number of nitrogens with one attached hydrogen (secondary N) is 2. The van der Waals surface area contributed by atoms with Gasteiger partial charge in [-0.3, -0.25) is 4.99 Å². The number of aryl methyl sites for hydroxylation is 2. The van der Waals surface area contributed by atoms with Gasteiger partial charge in [0.1, 0.15) is 11.5 Å². The van der Waals surface area contributed by atoms with Crippen molar-refractivity contribution in [3.63, 3.8) is 0 Å². The molecule has 1 unspecified atom stereocenters. The van der Waals surface area contributed by atoms with E-state index in [1.807, 2.05) is 24.8 Å². The summed E-state index contributed by atoms with van der Waals surface area (Å²) in [5, 5.41) is 10.7. The highest BCUT2D eigenvalue weighted by Gasteiger charge is 2.26. The molecule has 0 saturated carbocycles. The SMILES string of the molecule is CN=C(NCCc1c(C)noc1C)NC1CCN(c2ccccc2OC(F)F)C1. The molecule has 0 aliphatic carbocycles. The Morgan fingerprint density at radius 1 is 1.38 bits per heavy atom. The van der Waals surface area contributed by atoms with Crippen LogP contribution in [0, 0.1) is 13.8 Å². The lowest BCUT2D eigenvalue weighted by atomic mass is 10.1. The minimum Gasteiger partial charge on any atom is -0.433 e. The second kappa shape index (κ2) is 9.58. The molecule has 2 N–H and O–H groups in total. The largest absolute Gasteiger partial charge is 0.433 e. The number of guanidine groups is 1. The summed E-state index contributed by atoms with van der Waals surface area (Å²) in [5.74, 6) is 1.74. The van der Waals surface area contributed by atoms with E-state index >= 15 is 0 Å². The molecule has 1 saturated heterocycles. The topological polar surface area (TPSA) is 74.9 Å². The van der Waals surface area contributed by atoms with Crippen molar-refractivity contribution in [2.24, 2.45) is 4.99 Å². The Morgan fingerprint density at radius 3 is 2.86 bits per heavy atom. The summed E-state index contributed by atoms with van der Waals surface area (Å²) < 4.78 is 35.2. The first-order valence-electron chi connectivity index (χ1n) is 9.65. The highest BCUT2D eigenvalue weighted by Crippen LogP contribution is 2.31. The van der Waals surface area contributed by atoms with Crippen molar-refractivity contribution in [2.75, 3.05) is 31.6 Å². The molecular weight excluding hydrogens is 380 g/mol. The summed E-state index contributed by atoms with van der Waals surface area (Å²) in [6.07, 6.45) is 1.66. The minimum atomic E-state index is -2.84. The lowest BCUT2D eigenvalue weighted by Gasteiger charge is -2.22. The van der Waals surface area contributed by atoms with E-state index in [1.54, 1.807) is 25.2 Å². The zero-order valence-electron chi connectivity index (χ0n) is 16.9.